The Morgan fingerprint density at radius 2 is 0.500 bits per heavy atom. The molecular formula is C8H16Cl2N4O4Ti2. The molecule has 20 heavy (non-hydrogen) atoms. The van der Waals surface area contributed by atoms with E-state index in [1.54, 1.807) is 0 Å². The van der Waals surface area contributed by atoms with Gasteiger partial charge < -0.3 is 66.9 Å². The van der Waals surface area contributed by atoms with Crippen LogP contribution in [0.2, 0.25) is 0 Å². The maximum absolute atomic E-state index is 9.11. The van der Waals surface area contributed by atoms with Gasteiger partial charge in [-0.05, 0) is 27.7 Å². The second kappa shape index (κ2) is 42.8. The van der Waals surface area contributed by atoms with Gasteiger partial charge in [-0.2, -0.15) is 0 Å². The van der Waals surface area contributed by atoms with Gasteiger partial charge in [0, 0.05) is 23.6 Å². The summed E-state index contributed by atoms with van der Waals surface area (Å²) in [4.78, 5) is 36.4. The molecule has 2 radical (unpaired) electrons. The van der Waals surface area contributed by atoms with E-state index in [2.05, 4.69) is 0 Å². The molecule has 12 heteroatoms. The number of amides is 4. The summed E-state index contributed by atoms with van der Waals surface area (Å²) in [5.74, 6) is -2.33. The zero-order valence-electron chi connectivity index (χ0n) is 11.4. The van der Waals surface area contributed by atoms with Crippen LogP contribution in [0.4, 0.5) is 0 Å². The minimum atomic E-state index is -0.583. The first-order chi connectivity index (χ1) is 6.93. The van der Waals surface area contributed by atoms with Crippen molar-refractivity contribution < 1.29 is 87.4 Å². The molecule has 0 atom stereocenters. The van der Waals surface area contributed by atoms with E-state index in [1.165, 1.54) is 27.7 Å². The molecule has 0 bridgehead atoms. The van der Waals surface area contributed by atoms with Crippen molar-refractivity contribution >= 4 is 23.6 Å². The second-order valence-electron chi connectivity index (χ2n) is 2.22. The third-order valence-corrected chi connectivity index (χ3v) is 0. The molecule has 0 saturated heterocycles. The van der Waals surface area contributed by atoms with E-state index in [4.69, 9.17) is 42.1 Å². The normalized spacial score (nSPS) is 5.00. The van der Waals surface area contributed by atoms with E-state index >= 15 is 0 Å². The first-order valence-electron chi connectivity index (χ1n) is 3.82. The van der Waals surface area contributed by atoms with Crippen LogP contribution in [0.5, 0.6) is 0 Å². The van der Waals surface area contributed by atoms with Gasteiger partial charge in [0.05, 0.1) is 0 Å². The van der Waals surface area contributed by atoms with Crippen LogP contribution in [0.25, 0.3) is 22.9 Å². The quantitative estimate of drug-likeness (QED) is 0.384. The third-order valence-electron chi connectivity index (χ3n) is 0. The van der Waals surface area contributed by atoms with Crippen LogP contribution in [-0.4, -0.2) is 23.6 Å². The molecule has 0 fully saturated rings. The van der Waals surface area contributed by atoms with Crippen LogP contribution in [0.15, 0.2) is 0 Å². The molecule has 4 N–H and O–H groups in total. The van der Waals surface area contributed by atoms with Crippen molar-refractivity contribution in [2.24, 2.45) is 0 Å². The van der Waals surface area contributed by atoms with Crippen molar-refractivity contribution in [2.45, 2.75) is 27.7 Å². The summed E-state index contributed by atoms with van der Waals surface area (Å²) in [6.45, 7) is 4.78. The first-order valence-corrected chi connectivity index (χ1v) is 3.82. The SMILES string of the molecule is CC([NH-])=O.CC([NH-])=O.CC([NH-])=O.CC([NH-])=O.[Cl-].[Cl-].[Ti+3].[Ti+3]. The fraction of sp³-hybridized carbons (Fsp3) is 0.500. The number of rotatable bonds is 0. The number of halogens is 2. The van der Waals surface area contributed by atoms with Gasteiger partial charge in [-0.1, -0.05) is 0 Å². The number of hydrogen-bond acceptors (Lipinski definition) is 4. The average Bonchev–Trinajstić information content (AvgIpc) is 1.76. The zero-order valence-corrected chi connectivity index (χ0v) is 16.0. The van der Waals surface area contributed by atoms with Gasteiger partial charge in [0.25, 0.3) is 0 Å². The Morgan fingerprint density at radius 1 is 0.500 bits per heavy atom. The molecule has 0 aliphatic rings. The van der Waals surface area contributed by atoms with Crippen LogP contribution in [0, 0.1) is 0 Å². The predicted octanol–water partition coefficient (Wildman–Crippen LogP) is -3.66. The van der Waals surface area contributed by atoms with Gasteiger partial charge in [0.1, 0.15) is 0 Å². The summed E-state index contributed by atoms with van der Waals surface area (Å²) in [5.41, 5.74) is 23.8. The topological polar surface area (TPSA) is 163 Å². The first kappa shape index (κ1) is 50.2. The fourth-order valence-corrected chi connectivity index (χ4v) is 0. The molecule has 4 amide bonds. The zero-order chi connectivity index (χ0) is 14.3. The fourth-order valence-electron chi connectivity index (χ4n) is 0. The summed E-state index contributed by atoms with van der Waals surface area (Å²) in [5, 5.41) is 0. The van der Waals surface area contributed by atoms with Crippen LogP contribution in [0.3, 0.4) is 0 Å². The molecule has 0 saturated carbocycles. The van der Waals surface area contributed by atoms with Crippen LogP contribution < -0.4 is 24.8 Å². The van der Waals surface area contributed by atoms with Gasteiger partial charge in [-0.3, -0.25) is 0 Å². The molecule has 0 heterocycles. The molecule has 0 aliphatic carbocycles. The van der Waals surface area contributed by atoms with E-state index in [0.29, 0.717) is 0 Å². The summed E-state index contributed by atoms with van der Waals surface area (Å²) >= 11 is 0. The van der Waals surface area contributed by atoms with Crippen molar-refractivity contribution in [3.63, 3.8) is 0 Å². The molecule has 0 aromatic heterocycles. The predicted molar refractivity (Wildman–Crippen MR) is 60.0 cm³/mol. The Bertz CT molecular complexity index is 183. The molecule has 0 aromatic carbocycles. The summed E-state index contributed by atoms with van der Waals surface area (Å²) in [6.07, 6.45) is 0. The number of nitrogens with one attached hydrogen (secondary N) is 4. The second-order valence-corrected chi connectivity index (χ2v) is 2.22. The Morgan fingerprint density at radius 3 is 0.500 bits per heavy atom. The Hall–Kier alpha value is -0.111. The largest absolute Gasteiger partial charge is 3.00 e. The third kappa shape index (κ3) is 411000. The number of hydrogen-bond donors (Lipinski definition) is 0. The minimum Gasteiger partial charge on any atom is -1.00 e. The molecular weight excluding hydrogens is 383 g/mol. The summed E-state index contributed by atoms with van der Waals surface area (Å²) < 4.78 is 0. The minimum absolute atomic E-state index is 0. The van der Waals surface area contributed by atoms with E-state index in [-0.39, 0.29) is 68.2 Å². The number of carbonyl (C=O) groups excluding carboxylic acids is 4. The van der Waals surface area contributed by atoms with Crippen LogP contribution in [0.1, 0.15) is 27.7 Å². The maximum atomic E-state index is 9.11. The van der Waals surface area contributed by atoms with Crippen molar-refractivity contribution in [3.05, 3.63) is 22.9 Å². The standard InChI is InChI=1S/4C2H5NO.2ClH.2Ti/c4*1-2(3)4;;;;/h4*1H3,(H2,3,4);2*1H;;/q;;;;;;2*+3/p-6. The molecule has 0 unspecified atom stereocenters. The van der Waals surface area contributed by atoms with Crippen molar-refractivity contribution in [2.75, 3.05) is 0 Å². The molecule has 0 aromatic rings. The van der Waals surface area contributed by atoms with Crippen molar-refractivity contribution in [1.29, 1.82) is 0 Å². The van der Waals surface area contributed by atoms with Crippen LogP contribution in [-0.2, 0) is 62.6 Å². The average molecular weight is 399 g/mol. The molecule has 114 valence electrons. The van der Waals surface area contributed by atoms with Crippen molar-refractivity contribution in [3.8, 4) is 0 Å². The molecule has 0 spiro atoms. The van der Waals surface area contributed by atoms with Gasteiger partial charge in [0.2, 0.25) is 0 Å². The monoisotopic (exact) mass is 398 g/mol. The molecule has 0 rings (SSSR count). The van der Waals surface area contributed by atoms with E-state index in [0.717, 1.165) is 0 Å². The van der Waals surface area contributed by atoms with Crippen molar-refractivity contribution in [1.82, 2.24) is 0 Å². The Kier molecular flexibility index (Phi) is 107. The maximum Gasteiger partial charge on any atom is 3.00 e. The summed E-state index contributed by atoms with van der Waals surface area (Å²) in [6, 6.07) is 0. The van der Waals surface area contributed by atoms with E-state index in [9.17, 15) is 0 Å². The number of carbonyl (C=O) groups is 4. The van der Waals surface area contributed by atoms with E-state index in [1.807, 2.05) is 0 Å². The van der Waals surface area contributed by atoms with E-state index < -0.39 is 23.6 Å². The smallest absolute Gasteiger partial charge is 1.00 e. The summed E-state index contributed by atoms with van der Waals surface area (Å²) in [7, 11) is 0. The molecule has 0 aliphatic heterocycles. The Labute approximate surface area is 161 Å². The van der Waals surface area contributed by atoms with Gasteiger partial charge >= 0.3 is 43.4 Å². The Balaban J connectivity index is -0.0000000150. The van der Waals surface area contributed by atoms with Gasteiger partial charge in [-0.25, -0.2) is 0 Å². The van der Waals surface area contributed by atoms with Gasteiger partial charge in [-0.15, -0.1) is 0 Å². The van der Waals surface area contributed by atoms with Crippen LogP contribution >= 0.6 is 0 Å². The molecule has 8 nitrogen and oxygen atoms in total. The van der Waals surface area contributed by atoms with Gasteiger partial charge in [0.15, 0.2) is 0 Å².